The molecule has 3 rings (SSSR count). The molecule has 3 aromatic rings. The van der Waals surface area contributed by atoms with Crippen LogP contribution in [0.25, 0.3) is 16.8 Å². The number of rotatable bonds is 9. The molecule has 0 heterocycles. The maximum atomic E-state index is 12.8. The second-order valence-corrected chi connectivity index (χ2v) is 8.32. The number of carbonyl (C=O) groups excluding carboxylic acids is 3. The van der Waals surface area contributed by atoms with Crippen LogP contribution >= 0.6 is 11.8 Å². The van der Waals surface area contributed by atoms with Crippen molar-refractivity contribution in [1.29, 1.82) is 0 Å². The minimum Gasteiger partial charge on any atom is -0.461 e. The molecule has 0 radical (unpaired) electrons. The van der Waals surface area contributed by atoms with E-state index in [9.17, 15) is 14.4 Å². The van der Waals surface area contributed by atoms with Gasteiger partial charge in [-0.05, 0) is 28.0 Å². The van der Waals surface area contributed by atoms with Gasteiger partial charge in [0, 0.05) is 24.8 Å². The number of carbonyl (C=O) groups is 3. The molecule has 1 amide bonds. The number of fused-ring (bicyclic) bond motifs is 1. The van der Waals surface area contributed by atoms with Gasteiger partial charge in [0.2, 0.25) is 5.91 Å². The summed E-state index contributed by atoms with van der Waals surface area (Å²) < 4.78 is 5.24. The molecular weight excluding hydrogens is 422 g/mol. The van der Waals surface area contributed by atoms with Crippen LogP contribution in [0.15, 0.2) is 78.4 Å². The zero-order chi connectivity index (χ0) is 22.8. The zero-order valence-electron chi connectivity index (χ0n) is 17.9. The maximum Gasteiger partial charge on any atom is 0.307 e. The van der Waals surface area contributed by atoms with Crippen molar-refractivity contribution in [3.63, 3.8) is 0 Å². The standard InChI is InChI=1S/C26H25NO4S/c1-19(28)32-18-23(16-22-12-7-11-21-10-5-6-13-24(21)22)26(30)27-15-14-25(29)31-17-20-8-3-2-4-9-20/h2-13,16H,14-15,17-18H2,1H3,(H,27,30). The molecule has 164 valence electrons. The molecule has 0 aliphatic rings. The van der Waals surface area contributed by atoms with Gasteiger partial charge < -0.3 is 10.1 Å². The normalized spacial score (nSPS) is 11.2. The Hall–Kier alpha value is -3.38. The summed E-state index contributed by atoms with van der Waals surface area (Å²) in [7, 11) is 0. The van der Waals surface area contributed by atoms with Gasteiger partial charge in [-0.2, -0.15) is 0 Å². The quantitative estimate of drug-likeness (QED) is 0.378. The van der Waals surface area contributed by atoms with Gasteiger partial charge in [-0.3, -0.25) is 14.4 Å². The molecule has 32 heavy (non-hydrogen) atoms. The van der Waals surface area contributed by atoms with Crippen LogP contribution in [-0.4, -0.2) is 29.3 Å². The van der Waals surface area contributed by atoms with Gasteiger partial charge in [-0.15, -0.1) is 0 Å². The summed E-state index contributed by atoms with van der Waals surface area (Å²) in [5.41, 5.74) is 2.28. The van der Waals surface area contributed by atoms with Gasteiger partial charge in [0.1, 0.15) is 6.61 Å². The van der Waals surface area contributed by atoms with Crippen molar-refractivity contribution >= 4 is 45.6 Å². The molecule has 5 nitrogen and oxygen atoms in total. The molecule has 0 unspecified atom stereocenters. The van der Waals surface area contributed by atoms with Crippen molar-refractivity contribution in [1.82, 2.24) is 5.32 Å². The summed E-state index contributed by atoms with van der Waals surface area (Å²) >= 11 is 1.08. The lowest BCUT2D eigenvalue weighted by atomic mass is 10.0. The minimum atomic E-state index is -0.383. The largest absolute Gasteiger partial charge is 0.461 e. The molecule has 0 fully saturated rings. The first kappa shape index (κ1) is 23.3. The van der Waals surface area contributed by atoms with E-state index in [1.807, 2.05) is 72.8 Å². The van der Waals surface area contributed by atoms with Crippen LogP contribution in [0.5, 0.6) is 0 Å². The molecule has 0 aromatic heterocycles. The maximum absolute atomic E-state index is 12.8. The SMILES string of the molecule is CC(=O)SCC(=Cc1cccc2ccccc12)C(=O)NCCC(=O)OCc1ccccc1. The summed E-state index contributed by atoms with van der Waals surface area (Å²) in [6.07, 6.45) is 1.88. The van der Waals surface area contributed by atoms with Crippen LogP contribution in [0.1, 0.15) is 24.5 Å². The van der Waals surface area contributed by atoms with Gasteiger partial charge >= 0.3 is 5.97 Å². The molecule has 0 bridgehead atoms. The summed E-state index contributed by atoms with van der Waals surface area (Å²) in [5, 5.41) is 4.80. The highest BCUT2D eigenvalue weighted by atomic mass is 32.2. The molecule has 6 heteroatoms. The van der Waals surface area contributed by atoms with E-state index in [0.29, 0.717) is 5.57 Å². The van der Waals surface area contributed by atoms with Crippen molar-refractivity contribution < 1.29 is 19.1 Å². The third-order valence-electron chi connectivity index (χ3n) is 4.73. The van der Waals surface area contributed by atoms with Crippen LogP contribution in [0.4, 0.5) is 0 Å². The van der Waals surface area contributed by atoms with Crippen LogP contribution in [0.3, 0.4) is 0 Å². The van der Waals surface area contributed by atoms with Crippen molar-refractivity contribution in [3.05, 3.63) is 89.5 Å². The molecule has 0 spiro atoms. The number of thioether (sulfide) groups is 1. The van der Waals surface area contributed by atoms with Gasteiger partial charge in [-0.1, -0.05) is 84.6 Å². The number of hydrogen-bond acceptors (Lipinski definition) is 5. The monoisotopic (exact) mass is 447 g/mol. The van der Waals surface area contributed by atoms with Crippen LogP contribution < -0.4 is 5.32 Å². The molecule has 0 saturated heterocycles. The highest BCUT2D eigenvalue weighted by Gasteiger charge is 2.13. The number of amides is 1. The average Bonchev–Trinajstić information content (AvgIpc) is 2.81. The van der Waals surface area contributed by atoms with E-state index in [0.717, 1.165) is 33.7 Å². The Kier molecular flexibility index (Phi) is 8.63. The fourth-order valence-corrected chi connectivity index (χ4v) is 3.69. The lowest BCUT2D eigenvalue weighted by Crippen LogP contribution is -2.28. The Morgan fingerprint density at radius 2 is 1.66 bits per heavy atom. The summed E-state index contributed by atoms with van der Waals surface area (Å²) in [5.74, 6) is -0.433. The Morgan fingerprint density at radius 1 is 0.938 bits per heavy atom. The van der Waals surface area contributed by atoms with Gasteiger partial charge in [0.15, 0.2) is 5.12 Å². The number of benzene rings is 3. The molecule has 3 aromatic carbocycles. The van der Waals surface area contributed by atoms with E-state index in [2.05, 4.69) is 5.32 Å². The van der Waals surface area contributed by atoms with Crippen LogP contribution in [0, 0.1) is 0 Å². The van der Waals surface area contributed by atoms with Crippen molar-refractivity contribution in [2.75, 3.05) is 12.3 Å². The van der Waals surface area contributed by atoms with E-state index in [4.69, 9.17) is 4.74 Å². The lowest BCUT2D eigenvalue weighted by Gasteiger charge is -2.10. The van der Waals surface area contributed by atoms with E-state index < -0.39 is 0 Å². The van der Waals surface area contributed by atoms with E-state index >= 15 is 0 Å². The van der Waals surface area contributed by atoms with Crippen molar-refractivity contribution in [2.24, 2.45) is 0 Å². The van der Waals surface area contributed by atoms with E-state index in [1.165, 1.54) is 6.92 Å². The Balaban J connectivity index is 1.62. The van der Waals surface area contributed by atoms with Crippen LogP contribution in [0.2, 0.25) is 0 Å². The first-order valence-electron chi connectivity index (χ1n) is 10.3. The number of nitrogens with one attached hydrogen (secondary N) is 1. The predicted octanol–water partition coefficient (Wildman–Crippen LogP) is 4.75. The topological polar surface area (TPSA) is 72.5 Å². The summed E-state index contributed by atoms with van der Waals surface area (Å²) in [6, 6.07) is 23.2. The average molecular weight is 448 g/mol. The third-order valence-corrected chi connectivity index (χ3v) is 5.59. The number of ether oxygens (including phenoxy) is 1. The Labute approximate surface area is 191 Å². The Morgan fingerprint density at radius 3 is 2.44 bits per heavy atom. The van der Waals surface area contributed by atoms with Crippen molar-refractivity contribution in [3.8, 4) is 0 Å². The highest BCUT2D eigenvalue weighted by Crippen LogP contribution is 2.22. The van der Waals surface area contributed by atoms with Crippen molar-refractivity contribution in [2.45, 2.75) is 20.0 Å². The fourth-order valence-electron chi connectivity index (χ4n) is 3.12. The first-order chi connectivity index (χ1) is 15.5. The predicted molar refractivity (Wildman–Crippen MR) is 129 cm³/mol. The summed E-state index contributed by atoms with van der Waals surface area (Å²) in [6.45, 7) is 1.83. The number of hydrogen-bond donors (Lipinski definition) is 1. The molecule has 1 N–H and O–H groups in total. The van der Waals surface area contributed by atoms with Crippen LogP contribution in [-0.2, 0) is 25.7 Å². The zero-order valence-corrected chi connectivity index (χ0v) is 18.7. The summed E-state index contributed by atoms with van der Waals surface area (Å²) in [4.78, 5) is 36.3. The Bertz CT molecular complexity index is 1120. The molecule has 0 aliphatic carbocycles. The minimum absolute atomic E-state index is 0.0638. The second kappa shape index (κ2) is 11.9. The fraction of sp³-hybridized carbons (Fsp3) is 0.192. The highest BCUT2D eigenvalue weighted by molar-refractivity contribution is 8.13. The first-order valence-corrected chi connectivity index (χ1v) is 11.3. The lowest BCUT2D eigenvalue weighted by molar-refractivity contribution is -0.144. The number of esters is 1. The molecule has 0 atom stereocenters. The molecule has 0 aliphatic heterocycles. The smallest absolute Gasteiger partial charge is 0.307 e. The van der Waals surface area contributed by atoms with Gasteiger partial charge in [0.05, 0.1) is 6.42 Å². The molecular formula is C26H25NO4S. The third kappa shape index (κ3) is 7.10. The molecule has 0 saturated carbocycles. The van der Waals surface area contributed by atoms with E-state index in [1.54, 1.807) is 6.08 Å². The second-order valence-electron chi connectivity index (χ2n) is 7.17. The van der Waals surface area contributed by atoms with E-state index in [-0.39, 0.29) is 42.3 Å². The van der Waals surface area contributed by atoms with Gasteiger partial charge in [0.25, 0.3) is 0 Å². The van der Waals surface area contributed by atoms with Gasteiger partial charge in [-0.25, -0.2) is 0 Å².